The summed E-state index contributed by atoms with van der Waals surface area (Å²) in [6.45, 7) is 0.577. The lowest BCUT2D eigenvalue weighted by Gasteiger charge is -2.15. The van der Waals surface area contributed by atoms with Crippen molar-refractivity contribution in [2.75, 3.05) is 6.54 Å². The first kappa shape index (κ1) is 13.4. The van der Waals surface area contributed by atoms with Gasteiger partial charge in [0.15, 0.2) is 0 Å². The molecule has 5 nitrogen and oxygen atoms in total. The lowest BCUT2D eigenvalue weighted by atomic mass is 10.0. The van der Waals surface area contributed by atoms with E-state index in [0.29, 0.717) is 24.3 Å². The number of amides is 2. The number of rotatable bonds is 4. The average molecular weight is 281 g/mol. The summed E-state index contributed by atoms with van der Waals surface area (Å²) in [6, 6.07) is 9.52. The molecule has 2 heterocycles. The van der Waals surface area contributed by atoms with Crippen molar-refractivity contribution in [1.82, 2.24) is 5.32 Å². The first-order valence-corrected chi connectivity index (χ1v) is 6.92. The maximum atomic E-state index is 12.1. The van der Waals surface area contributed by atoms with E-state index in [2.05, 4.69) is 15.3 Å². The molecule has 1 unspecified atom stereocenters. The fraction of sp³-hybridized carbons (Fsp3) is 0.250. The zero-order valence-electron chi connectivity index (χ0n) is 11.5. The van der Waals surface area contributed by atoms with Crippen LogP contribution < -0.4 is 5.32 Å². The SMILES string of the molecule is O=C1N=CC2=NC(C(=O)NCCc3ccccc3)CC=C12. The fourth-order valence-electron chi connectivity index (χ4n) is 2.37. The number of hydrogen-bond donors (Lipinski definition) is 1. The third kappa shape index (κ3) is 2.97. The molecule has 1 atom stereocenters. The quantitative estimate of drug-likeness (QED) is 0.897. The molecule has 0 radical (unpaired) electrons. The van der Waals surface area contributed by atoms with Gasteiger partial charge in [0.05, 0.1) is 17.5 Å². The van der Waals surface area contributed by atoms with Crippen LogP contribution in [0.1, 0.15) is 12.0 Å². The molecule has 0 spiro atoms. The van der Waals surface area contributed by atoms with E-state index in [1.165, 1.54) is 11.8 Å². The number of dihydropyridines is 1. The number of carbonyl (C=O) groups excluding carboxylic acids is 2. The molecule has 1 N–H and O–H groups in total. The standard InChI is InChI=1S/C16H15N3O2/c20-15-12-6-7-13(19-14(12)10-18-15)16(21)17-9-8-11-4-2-1-3-5-11/h1-6,10,13H,7-9H2,(H,17,21). The molecule has 1 aromatic carbocycles. The number of nitrogens with zero attached hydrogens (tertiary/aromatic N) is 2. The molecule has 1 aromatic rings. The van der Waals surface area contributed by atoms with Crippen LogP contribution >= 0.6 is 0 Å². The van der Waals surface area contributed by atoms with Gasteiger partial charge in [-0.25, -0.2) is 4.99 Å². The van der Waals surface area contributed by atoms with Crippen LogP contribution in [0.5, 0.6) is 0 Å². The summed E-state index contributed by atoms with van der Waals surface area (Å²) in [5.41, 5.74) is 2.22. The Morgan fingerprint density at radius 3 is 2.90 bits per heavy atom. The largest absolute Gasteiger partial charge is 0.354 e. The predicted octanol–water partition coefficient (Wildman–Crippen LogP) is 1.10. The Morgan fingerprint density at radius 2 is 2.10 bits per heavy atom. The van der Waals surface area contributed by atoms with Gasteiger partial charge in [-0.05, 0) is 18.4 Å². The Bertz CT molecular complexity index is 659. The van der Waals surface area contributed by atoms with Gasteiger partial charge < -0.3 is 5.32 Å². The minimum atomic E-state index is -0.461. The third-order valence-corrected chi connectivity index (χ3v) is 3.51. The molecule has 3 rings (SSSR count). The van der Waals surface area contributed by atoms with E-state index in [9.17, 15) is 9.59 Å². The van der Waals surface area contributed by atoms with Crippen molar-refractivity contribution in [1.29, 1.82) is 0 Å². The molecule has 21 heavy (non-hydrogen) atoms. The molecule has 2 aliphatic rings. The van der Waals surface area contributed by atoms with E-state index in [0.717, 1.165) is 6.42 Å². The average Bonchev–Trinajstić information content (AvgIpc) is 2.89. The van der Waals surface area contributed by atoms with Gasteiger partial charge in [0.1, 0.15) is 6.04 Å². The lowest BCUT2D eigenvalue weighted by Crippen LogP contribution is -2.36. The second kappa shape index (κ2) is 5.83. The zero-order chi connectivity index (χ0) is 14.7. The van der Waals surface area contributed by atoms with Crippen molar-refractivity contribution in [3.05, 3.63) is 47.5 Å². The van der Waals surface area contributed by atoms with Crippen LogP contribution in [0, 0.1) is 0 Å². The van der Waals surface area contributed by atoms with Gasteiger partial charge in [-0.1, -0.05) is 36.4 Å². The number of nitrogens with one attached hydrogen (secondary N) is 1. The van der Waals surface area contributed by atoms with Crippen molar-refractivity contribution in [3.8, 4) is 0 Å². The van der Waals surface area contributed by atoms with Crippen LogP contribution in [0.2, 0.25) is 0 Å². The molecule has 0 saturated carbocycles. The van der Waals surface area contributed by atoms with Crippen molar-refractivity contribution in [2.24, 2.45) is 9.98 Å². The molecule has 0 aliphatic carbocycles. The maximum Gasteiger partial charge on any atom is 0.278 e. The van der Waals surface area contributed by atoms with E-state index in [1.54, 1.807) is 6.08 Å². The number of fused-ring (bicyclic) bond motifs is 1. The van der Waals surface area contributed by atoms with Gasteiger partial charge in [0.2, 0.25) is 5.91 Å². The van der Waals surface area contributed by atoms with E-state index < -0.39 is 6.04 Å². The Balaban J connectivity index is 1.53. The van der Waals surface area contributed by atoms with E-state index in [-0.39, 0.29) is 11.8 Å². The van der Waals surface area contributed by atoms with Crippen LogP contribution in [-0.4, -0.2) is 36.3 Å². The molecular formula is C16H15N3O2. The Hall–Kier alpha value is -2.56. The smallest absolute Gasteiger partial charge is 0.278 e. The van der Waals surface area contributed by atoms with Crippen LogP contribution in [0.25, 0.3) is 0 Å². The Kier molecular flexibility index (Phi) is 3.73. The summed E-state index contributed by atoms with van der Waals surface area (Å²) in [5, 5.41) is 2.89. The predicted molar refractivity (Wildman–Crippen MR) is 80.6 cm³/mol. The highest BCUT2D eigenvalue weighted by Gasteiger charge is 2.28. The van der Waals surface area contributed by atoms with Gasteiger partial charge in [-0.15, -0.1) is 0 Å². The topological polar surface area (TPSA) is 70.9 Å². The molecule has 0 saturated heterocycles. The van der Waals surface area contributed by atoms with E-state index >= 15 is 0 Å². The number of hydrogen-bond acceptors (Lipinski definition) is 3. The highest BCUT2D eigenvalue weighted by molar-refractivity contribution is 6.52. The molecule has 2 amide bonds. The summed E-state index contributed by atoms with van der Waals surface area (Å²) in [4.78, 5) is 31.4. The fourth-order valence-corrected chi connectivity index (χ4v) is 2.37. The normalized spacial score (nSPS) is 19.8. The highest BCUT2D eigenvalue weighted by atomic mass is 16.2. The molecule has 0 fully saturated rings. The van der Waals surface area contributed by atoms with E-state index in [1.807, 2.05) is 30.3 Å². The van der Waals surface area contributed by atoms with Crippen LogP contribution in [-0.2, 0) is 16.0 Å². The molecule has 0 bridgehead atoms. The van der Waals surface area contributed by atoms with Crippen LogP contribution in [0.15, 0.2) is 52.0 Å². The monoisotopic (exact) mass is 281 g/mol. The molecule has 5 heteroatoms. The Morgan fingerprint density at radius 1 is 1.29 bits per heavy atom. The minimum absolute atomic E-state index is 0.110. The van der Waals surface area contributed by atoms with E-state index in [4.69, 9.17) is 0 Å². The van der Waals surface area contributed by atoms with Crippen LogP contribution in [0.3, 0.4) is 0 Å². The van der Waals surface area contributed by atoms with Crippen molar-refractivity contribution in [3.63, 3.8) is 0 Å². The van der Waals surface area contributed by atoms with Crippen molar-refractivity contribution < 1.29 is 9.59 Å². The lowest BCUT2D eigenvalue weighted by molar-refractivity contribution is -0.122. The number of benzene rings is 1. The zero-order valence-corrected chi connectivity index (χ0v) is 11.5. The van der Waals surface area contributed by atoms with Crippen molar-refractivity contribution >= 4 is 23.7 Å². The van der Waals surface area contributed by atoms with Gasteiger partial charge >= 0.3 is 0 Å². The van der Waals surface area contributed by atoms with Gasteiger partial charge in [0.25, 0.3) is 5.91 Å². The summed E-state index contributed by atoms with van der Waals surface area (Å²) in [5.74, 6) is -0.377. The summed E-state index contributed by atoms with van der Waals surface area (Å²) >= 11 is 0. The summed E-state index contributed by atoms with van der Waals surface area (Å²) < 4.78 is 0. The highest BCUT2D eigenvalue weighted by Crippen LogP contribution is 2.17. The number of aliphatic imine (C=N–C) groups is 2. The summed E-state index contributed by atoms with van der Waals surface area (Å²) in [7, 11) is 0. The second-order valence-electron chi connectivity index (χ2n) is 4.97. The molecule has 0 aromatic heterocycles. The number of carbonyl (C=O) groups is 2. The van der Waals surface area contributed by atoms with Crippen molar-refractivity contribution in [2.45, 2.75) is 18.9 Å². The minimum Gasteiger partial charge on any atom is -0.354 e. The van der Waals surface area contributed by atoms with Gasteiger partial charge in [-0.3, -0.25) is 14.6 Å². The molecule has 2 aliphatic heterocycles. The molecule has 106 valence electrons. The Labute approximate surface area is 122 Å². The second-order valence-corrected chi connectivity index (χ2v) is 4.97. The first-order chi connectivity index (χ1) is 10.2. The molecular weight excluding hydrogens is 266 g/mol. The van der Waals surface area contributed by atoms with Crippen LogP contribution in [0.4, 0.5) is 0 Å². The summed E-state index contributed by atoms with van der Waals surface area (Å²) in [6.07, 6.45) is 4.42. The van der Waals surface area contributed by atoms with Gasteiger partial charge in [0, 0.05) is 6.54 Å². The third-order valence-electron chi connectivity index (χ3n) is 3.51. The maximum absolute atomic E-state index is 12.1. The first-order valence-electron chi connectivity index (χ1n) is 6.92. The van der Waals surface area contributed by atoms with Gasteiger partial charge in [-0.2, -0.15) is 0 Å².